The molecule has 0 N–H and O–H groups in total. The van der Waals surface area contributed by atoms with Gasteiger partial charge in [-0.2, -0.15) is 0 Å². The minimum Gasteiger partial charge on any atom is -0.299 e. The van der Waals surface area contributed by atoms with E-state index in [2.05, 4.69) is 20.3 Å². The first kappa shape index (κ1) is 13.1. The number of nitrogens with zero attached hydrogens (tertiary/aromatic N) is 5. The quantitative estimate of drug-likeness (QED) is 0.735. The van der Waals surface area contributed by atoms with E-state index in [1.807, 2.05) is 25.4 Å². The minimum atomic E-state index is 0.265. The summed E-state index contributed by atoms with van der Waals surface area (Å²) in [5.74, 6) is 0.562. The number of aryl methyl sites for hydroxylation is 1. The molecular weight excluding hydrogens is 278 g/mol. The van der Waals surface area contributed by atoms with E-state index < -0.39 is 0 Å². The zero-order valence-corrected chi connectivity index (χ0v) is 12.2. The average molecular weight is 293 g/mol. The number of fused-ring (bicyclic) bond motifs is 1. The van der Waals surface area contributed by atoms with Crippen molar-refractivity contribution in [3.8, 4) is 11.3 Å². The highest BCUT2D eigenvalue weighted by atomic mass is 16.1. The molecule has 3 aromatic rings. The average Bonchev–Trinajstić information content (AvgIpc) is 3.28. The fourth-order valence-corrected chi connectivity index (χ4v) is 2.52. The van der Waals surface area contributed by atoms with Crippen LogP contribution in [0, 0.1) is 5.92 Å². The summed E-state index contributed by atoms with van der Waals surface area (Å²) >= 11 is 0. The van der Waals surface area contributed by atoms with Gasteiger partial charge >= 0.3 is 0 Å². The topological polar surface area (TPSA) is 73.6 Å². The van der Waals surface area contributed by atoms with Gasteiger partial charge in [-0.3, -0.25) is 19.4 Å². The number of carbonyl (C=O) groups excluding carboxylic acids is 1. The van der Waals surface area contributed by atoms with E-state index in [4.69, 9.17) is 0 Å². The second-order valence-electron chi connectivity index (χ2n) is 5.79. The van der Waals surface area contributed by atoms with Crippen LogP contribution in [0.1, 0.15) is 18.5 Å². The second kappa shape index (κ2) is 4.98. The molecule has 1 aliphatic rings. The summed E-state index contributed by atoms with van der Waals surface area (Å²) in [5.41, 5.74) is 3.31. The first-order valence-electron chi connectivity index (χ1n) is 7.33. The Morgan fingerprint density at radius 1 is 1.27 bits per heavy atom. The highest BCUT2D eigenvalue weighted by molar-refractivity contribution is 5.87. The Labute approximate surface area is 127 Å². The predicted octanol–water partition coefficient (Wildman–Crippen LogP) is 1.95. The summed E-state index contributed by atoms with van der Waals surface area (Å²) < 4.78 is 1.66. The Hall–Kier alpha value is -2.63. The van der Waals surface area contributed by atoms with Gasteiger partial charge in [0, 0.05) is 42.2 Å². The number of hydrogen-bond acceptors (Lipinski definition) is 5. The van der Waals surface area contributed by atoms with Crippen molar-refractivity contribution in [2.24, 2.45) is 13.0 Å². The van der Waals surface area contributed by atoms with Crippen molar-refractivity contribution in [3.05, 3.63) is 36.4 Å². The lowest BCUT2D eigenvalue weighted by Crippen LogP contribution is -2.06. The van der Waals surface area contributed by atoms with E-state index in [1.165, 1.54) is 0 Å². The van der Waals surface area contributed by atoms with Crippen LogP contribution >= 0.6 is 0 Å². The summed E-state index contributed by atoms with van der Waals surface area (Å²) in [5, 5.41) is 9.01. The summed E-state index contributed by atoms with van der Waals surface area (Å²) in [6, 6.07) is 3.96. The number of rotatable bonds is 4. The molecule has 3 aromatic heterocycles. The predicted molar refractivity (Wildman–Crippen MR) is 81.0 cm³/mol. The van der Waals surface area contributed by atoms with Crippen LogP contribution in [0.4, 0.5) is 0 Å². The van der Waals surface area contributed by atoms with Crippen LogP contribution in [0.5, 0.6) is 0 Å². The zero-order valence-electron chi connectivity index (χ0n) is 12.2. The number of ketones is 1. The molecular formula is C16H15N5O. The molecule has 0 aromatic carbocycles. The van der Waals surface area contributed by atoms with Crippen LogP contribution in [0.3, 0.4) is 0 Å². The molecule has 0 unspecified atom stereocenters. The standard InChI is InChI=1S/C16H15N5O/c1-21-9-15(19-20-21)12-4-11-5-13(6-16(22)10-2-3-10)17-8-14(11)18-7-12/h4-5,7-10H,2-3,6H2,1H3. The number of pyridine rings is 2. The van der Waals surface area contributed by atoms with Gasteiger partial charge in [-0.25, -0.2) is 0 Å². The van der Waals surface area contributed by atoms with E-state index >= 15 is 0 Å². The molecule has 1 fully saturated rings. The van der Waals surface area contributed by atoms with Crippen molar-refractivity contribution in [2.75, 3.05) is 0 Å². The molecule has 6 heteroatoms. The van der Waals surface area contributed by atoms with Gasteiger partial charge in [0.2, 0.25) is 0 Å². The van der Waals surface area contributed by atoms with Gasteiger partial charge < -0.3 is 0 Å². The largest absolute Gasteiger partial charge is 0.299 e. The lowest BCUT2D eigenvalue weighted by Gasteiger charge is -2.03. The third kappa shape index (κ3) is 2.47. The summed E-state index contributed by atoms with van der Waals surface area (Å²) in [4.78, 5) is 20.7. The number of aromatic nitrogens is 5. The summed E-state index contributed by atoms with van der Waals surface area (Å²) in [7, 11) is 1.83. The van der Waals surface area contributed by atoms with E-state index in [1.54, 1.807) is 17.1 Å². The zero-order chi connectivity index (χ0) is 15.1. The fourth-order valence-electron chi connectivity index (χ4n) is 2.52. The van der Waals surface area contributed by atoms with E-state index in [0.29, 0.717) is 12.2 Å². The summed E-state index contributed by atoms with van der Waals surface area (Å²) in [6.07, 6.45) is 7.82. The van der Waals surface area contributed by atoms with Gasteiger partial charge in [0.15, 0.2) is 0 Å². The van der Waals surface area contributed by atoms with Crippen molar-refractivity contribution < 1.29 is 4.79 Å². The van der Waals surface area contributed by atoms with Crippen LogP contribution in [-0.4, -0.2) is 30.7 Å². The smallest absolute Gasteiger partial charge is 0.141 e. The number of carbonyl (C=O) groups is 1. The first-order valence-corrected chi connectivity index (χ1v) is 7.33. The van der Waals surface area contributed by atoms with Gasteiger partial charge in [0.05, 0.1) is 17.9 Å². The van der Waals surface area contributed by atoms with Crippen LogP contribution in [0.15, 0.2) is 30.7 Å². The molecule has 0 radical (unpaired) electrons. The van der Waals surface area contributed by atoms with Crippen molar-refractivity contribution in [1.29, 1.82) is 0 Å². The second-order valence-corrected chi connectivity index (χ2v) is 5.79. The monoisotopic (exact) mass is 293 g/mol. The highest BCUT2D eigenvalue weighted by Gasteiger charge is 2.29. The Morgan fingerprint density at radius 2 is 2.14 bits per heavy atom. The molecule has 0 atom stereocenters. The third-order valence-corrected chi connectivity index (χ3v) is 3.91. The Balaban J connectivity index is 1.69. The minimum absolute atomic E-state index is 0.265. The van der Waals surface area contributed by atoms with Crippen LogP contribution in [0.25, 0.3) is 22.2 Å². The van der Waals surface area contributed by atoms with Crippen molar-refractivity contribution >= 4 is 16.7 Å². The van der Waals surface area contributed by atoms with Crippen LogP contribution < -0.4 is 0 Å². The molecule has 1 saturated carbocycles. The number of hydrogen-bond donors (Lipinski definition) is 0. The molecule has 22 heavy (non-hydrogen) atoms. The first-order chi connectivity index (χ1) is 10.7. The lowest BCUT2D eigenvalue weighted by atomic mass is 10.1. The SMILES string of the molecule is Cn1cc(-c2cnc3cnc(CC(=O)C4CC4)cc3c2)nn1. The lowest BCUT2D eigenvalue weighted by molar-refractivity contribution is -0.119. The van der Waals surface area contributed by atoms with Gasteiger partial charge in [-0.1, -0.05) is 5.21 Å². The molecule has 110 valence electrons. The van der Waals surface area contributed by atoms with Crippen molar-refractivity contribution in [3.63, 3.8) is 0 Å². The van der Waals surface area contributed by atoms with E-state index in [-0.39, 0.29) is 5.92 Å². The maximum atomic E-state index is 11.9. The van der Waals surface area contributed by atoms with Crippen LogP contribution in [0.2, 0.25) is 0 Å². The molecule has 0 spiro atoms. The maximum absolute atomic E-state index is 11.9. The molecule has 1 aliphatic carbocycles. The molecule has 0 saturated heterocycles. The van der Waals surface area contributed by atoms with Gasteiger partial charge in [0.25, 0.3) is 0 Å². The van der Waals surface area contributed by atoms with Crippen LogP contribution in [-0.2, 0) is 18.3 Å². The van der Waals surface area contributed by atoms with Crippen molar-refractivity contribution in [2.45, 2.75) is 19.3 Å². The Kier molecular flexibility index (Phi) is 2.96. The highest BCUT2D eigenvalue weighted by Crippen LogP contribution is 2.31. The van der Waals surface area contributed by atoms with E-state index in [0.717, 1.165) is 40.7 Å². The van der Waals surface area contributed by atoms with Gasteiger partial charge in [0.1, 0.15) is 11.5 Å². The summed E-state index contributed by atoms with van der Waals surface area (Å²) in [6.45, 7) is 0. The Bertz CT molecular complexity index is 866. The van der Waals surface area contributed by atoms with E-state index in [9.17, 15) is 4.79 Å². The third-order valence-electron chi connectivity index (χ3n) is 3.91. The molecule has 0 aliphatic heterocycles. The normalized spacial score (nSPS) is 14.4. The molecule has 6 nitrogen and oxygen atoms in total. The maximum Gasteiger partial charge on any atom is 0.141 e. The van der Waals surface area contributed by atoms with Gasteiger partial charge in [-0.15, -0.1) is 5.10 Å². The van der Waals surface area contributed by atoms with Crippen molar-refractivity contribution in [1.82, 2.24) is 25.0 Å². The van der Waals surface area contributed by atoms with Gasteiger partial charge in [-0.05, 0) is 25.0 Å². The Morgan fingerprint density at radius 3 is 2.86 bits per heavy atom. The molecule has 0 bridgehead atoms. The fraction of sp³-hybridized carbons (Fsp3) is 0.312. The molecule has 3 heterocycles. The number of Topliss-reactive ketones (excluding diaryl/α,β-unsaturated/α-hetero) is 1. The molecule has 4 rings (SSSR count). The molecule has 0 amide bonds.